The van der Waals surface area contributed by atoms with Crippen LogP contribution >= 0.6 is 11.3 Å². The van der Waals surface area contributed by atoms with Crippen LogP contribution in [0.5, 0.6) is 0 Å². The first-order chi connectivity index (χ1) is 13.0. The van der Waals surface area contributed by atoms with Gasteiger partial charge < -0.3 is 15.5 Å². The number of amides is 2. The maximum absolute atomic E-state index is 12.1. The molecule has 5 nitrogen and oxygen atoms in total. The summed E-state index contributed by atoms with van der Waals surface area (Å²) in [6.07, 6.45) is 3.17. The average molecular weight is 424 g/mol. The van der Waals surface area contributed by atoms with Gasteiger partial charge in [-0.15, -0.1) is 11.3 Å². The molecule has 0 aliphatic carbocycles. The molecule has 3 rings (SSSR count). The Morgan fingerprint density at radius 1 is 1.17 bits per heavy atom. The molecule has 2 saturated heterocycles. The van der Waals surface area contributed by atoms with Crippen molar-refractivity contribution in [3.63, 3.8) is 0 Å². The smallest absolute Gasteiger partial charge is 0.264 e. The molecule has 2 N–H and O–H groups in total. The molecule has 0 bridgehead atoms. The number of thiophene rings is 1. The van der Waals surface area contributed by atoms with E-state index < -0.39 is 0 Å². The molecule has 0 saturated carbocycles. The second kappa shape index (κ2) is 18.7. The van der Waals surface area contributed by atoms with Gasteiger partial charge in [0.15, 0.2) is 0 Å². The first kappa shape index (κ1) is 32.3. The summed E-state index contributed by atoms with van der Waals surface area (Å²) in [5.41, 5.74) is 0. The van der Waals surface area contributed by atoms with Crippen molar-refractivity contribution in [2.75, 3.05) is 25.0 Å². The summed E-state index contributed by atoms with van der Waals surface area (Å²) in [4.78, 5) is 26.7. The zero-order valence-electron chi connectivity index (χ0n) is 18.8. The molecule has 0 spiro atoms. The second-order valence-electron chi connectivity index (χ2n) is 6.32. The van der Waals surface area contributed by atoms with Crippen molar-refractivity contribution in [2.45, 2.75) is 81.2 Å². The van der Waals surface area contributed by atoms with Gasteiger partial charge in [0.2, 0.25) is 5.91 Å². The predicted octanol–water partition coefficient (Wildman–Crippen LogP) is 5.25. The van der Waals surface area contributed by atoms with Crippen LogP contribution in [0.4, 0.5) is 5.00 Å². The van der Waals surface area contributed by atoms with Crippen molar-refractivity contribution in [1.29, 1.82) is 0 Å². The van der Waals surface area contributed by atoms with E-state index in [1.807, 2.05) is 38.7 Å². The van der Waals surface area contributed by atoms with E-state index in [0.29, 0.717) is 10.8 Å². The number of hydrogen-bond acceptors (Lipinski definition) is 4. The van der Waals surface area contributed by atoms with Gasteiger partial charge in [-0.25, -0.2) is 0 Å². The van der Waals surface area contributed by atoms with Gasteiger partial charge >= 0.3 is 0 Å². The lowest BCUT2D eigenvalue weighted by atomic mass is 10.0. The van der Waals surface area contributed by atoms with E-state index in [1.54, 1.807) is 6.07 Å². The minimum absolute atomic E-state index is 0. The number of carbonyl (C=O) groups is 2. The van der Waals surface area contributed by atoms with Crippen LogP contribution < -0.4 is 10.6 Å². The summed E-state index contributed by atoms with van der Waals surface area (Å²) >= 11 is 1.36. The highest BCUT2D eigenvalue weighted by Gasteiger charge is 2.29. The van der Waals surface area contributed by atoms with E-state index in [1.165, 1.54) is 17.8 Å². The Kier molecular flexibility index (Phi) is 20.8. The Morgan fingerprint density at radius 3 is 2.17 bits per heavy atom. The lowest BCUT2D eigenvalue weighted by Gasteiger charge is -2.36. The van der Waals surface area contributed by atoms with E-state index in [0.717, 1.165) is 37.5 Å². The molecule has 2 aliphatic heterocycles. The number of nitrogens with one attached hydrogen (secondary N) is 2. The van der Waals surface area contributed by atoms with Crippen LogP contribution in [0.15, 0.2) is 12.1 Å². The number of carbonyl (C=O) groups excluding carboxylic acids is 2. The molecule has 29 heavy (non-hydrogen) atoms. The lowest BCUT2D eigenvalue weighted by Crippen LogP contribution is -2.48. The number of rotatable bonds is 3. The summed E-state index contributed by atoms with van der Waals surface area (Å²) in [5, 5.41) is 6.80. The molecule has 1 atom stereocenters. The zero-order chi connectivity index (χ0) is 20.8. The van der Waals surface area contributed by atoms with Crippen LogP contribution in [0.2, 0.25) is 0 Å². The van der Waals surface area contributed by atoms with Crippen LogP contribution in [-0.4, -0.2) is 50.8 Å². The third-order valence-electron chi connectivity index (χ3n) is 3.79. The van der Waals surface area contributed by atoms with Crippen molar-refractivity contribution < 1.29 is 9.59 Å². The summed E-state index contributed by atoms with van der Waals surface area (Å²) < 4.78 is 0. The number of nitrogens with zero attached hydrogens (tertiary/aromatic N) is 1. The SMILES string of the molecule is C.CC.CC.CC1CN(C(=O)c2ccc(NC(=O)C3CCCN3)s2)C1.CCC.[B]. The van der Waals surface area contributed by atoms with Crippen molar-refractivity contribution in [2.24, 2.45) is 5.92 Å². The molecule has 3 heterocycles. The Labute approximate surface area is 185 Å². The maximum Gasteiger partial charge on any atom is 0.264 e. The summed E-state index contributed by atoms with van der Waals surface area (Å²) in [5.74, 6) is 0.681. The van der Waals surface area contributed by atoms with Gasteiger partial charge in [0.25, 0.3) is 5.91 Å². The number of anilines is 1. The molecular formula is C22H43BN3O2S. The molecule has 1 aromatic heterocycles. The Hall–Kier alpha value is -1.34. The molecule has 2 aliphatic rings. The van der Waals surface area contributed by atoms with Gasteiger partial charge in [0.05, 0.1) is 15.9 Å². The van der Waals surface area contributed by atoms with Crippen molar-refractivity contribution >= 4 is 36.6 Å². The minimum atomic E-state index is -0.0903. The van der Waals surface area contributed by atoms with Crippen LogP contribution in [0.3, 0.4) is 0 Å². The van der Waals surface area contributed by atoms with E-state index in [4.69, 9.17) is 0 Å². The quantitative estimate of drug-likeness (QED) is 0.651. The van der Waals surface area contributed by atoms with Crippen LogP contribution in [0, 0.1) is 5.92 Å². The monoisotopic (exact) mass is 424 g/mol. The highest BCUT2D eigenvalue weighted by atomic mass is 32.1. The van der Waals surface area contributed by atoms with Gasteiger partial charge in [0, 0.05) is 21.5 Å². The van der Waals surface area contributed by atoms with Crippen molar-refractivity contribution in [1.82, 2.24) is 10.2 Å². The molecule has 7 heteroatoms. The first-order valence-electron chi connectivity index (χ1n) is 10.5. The summed E-state index contributed by atoms with van der Waals surface area (Å²) in [6, 6.07) is 3.52. The Bertz CT molecular complexity index is 540. The van der Waals surface area contributed by atoms with Crippen molar-refractivity contribution in [3.8, 4) is 0 Å². The largest absolute Gasteiger partial charge is 0.337 e. The van der Waals surface area contributed by atoms with E-state index in [9.17, 15) is 9.59 Å². The molecule has 2 amide bonds. The summed E-state index contributed by atoms with van der Waals surface area (Å²) in [6.45, 7) is 17.0. The van der Waals surface area contributed by atoms with Gasteiger partial charge in [0.1, 0.15) is 0 Å². The molecule has 1 unspecified atom stereocenters. The van der Waals surface area contributed by atoms with E-state index in [-0.39, 0.29) is 33.7 Å². The highest BCUT2D eigenvalue weighted by Crippen LogP contribution is 2.26. The van der Waals surface area contributed by atoms with Crippen LogP contribution in [0.1, 0.15) is 84.8 Å². The summed E-state index contributed by atoms with van der Waals surface area (Å²) in [7, 11) is 0. The van der Waals surface area contributed by atoms with Gasteiger partial charge in [-0.05, 0) is 37.4 Å². The lowest BCUT2D eigenvalue weighted by molar-refractivity contribution is -0.117. The molecule has 1 aromatic rings. The van der Waals surface area contributed by atoms with Gasteiger partial charge in [-0.2, -0.15) is 0 Å². The maximum atomic E-state index is 12.1. The van der Waals surface area contributed by atoms with Gasteiger partial charge in [-0.3, -0.25) is 9.59 Å². The molecule has 0 aromatic carbocycles. The standard InChI is InChI=1S/C14H19N3O2S.C3H8.2C2H6.CH4.B/c1-9-7-17(8-9)14(19)11-4-5-12(20-11)16-13(18)10-3-2-6-15-10;1-3-2;2*1-2;;/h4-5,9-10,15H,2-3,6-8H2,1H3,(H,16,18);3H2,1-2H3;2*1-2H3;1H4;. The average Bonchev–Trinajstić information content (AvgIpc) is 3.35. The van der Waals surface area contributed by atoms with Crippen LogP contribution in [-0.2, 0) is 4.79 Å². The highest BCUT2D eigenvalue weighted by molar-refractivity contribution is 7.18. The Balaban J connectivity index is -0.000000675. The first-order valence-corrected chi connectivity index (χ1v) is 11.3. The third kappa shape index (κ3) is 10.9. The zero-order valence-corrected chi connectivity index (χ0v) is 19.6. The number of hydrogen-bond donors (Lipinski definition) is 2. The second-order valence-corrected chi connectivity index (χ2v) is 7.41. The Morgan fingerprint density at radius 2 is 1.72 bits per heavy atom. The van der Waals surface area contributed by atoms with Crippen LogP contribution in [0.25, 0.3) is 0 Å². The normalized spacial score (nSPS) is 16.7. The van der Waals surface area contributed by atoms with Crippen molar-refractivity contribution in [3.05, 3.63) is 17.0 Å². The fourth-order valence-corrected chi connectivity index (χ4v) is 3.53. The fourth-order valence-electron chi connectivity index (χ4n) is 2.66. The van der Waals surface area contributed by atoms with E-state index in [2.05, 4.69) is 31.4 Å². The third-order valence-corrected chi connectivity index (χ3v) is 4.78. The molecule has 2 fully saturated rings. The minimum Gasteiger partial charge on any atom is -0.337 e. The van der Waals surface area contributed by atoms with E-state index >= 15 is 0 Å². The molecule has 3 radical (unpaired) electrons. The number of likely N-dealkylation sites (tertiary alicyclic amines) is 1. The topological polar surface area (TPSA) is 61.4 Å². The van der Waals surface area contributed by atoms with Gasteiger partial charge in [-0.1, -0.05) is 62.3 Å². The molecular weight excluding hydrogens is 381 g/mol. The molecule has 167 valence electrons. The fraction of sp³-hybridized carbons (Fsp3) is 0.727. The predicted molar refractivity (Wildman–Crippen MR) is 130 cm³/mol.